The van der Waals surface area contributed by atoms with Crippen molar-refractivity contribution in [3.05, 3.63) is 59.7 Å². The van der Waals surface area contributed by atoms with Gasteiger partial charge in [-0.3, -0.25) is 0 Å². The SMILES string of the molecule is CCc1ccc(NCCCCOc2ccc(C)cc2)cc1. The summed E-state index contributed by atoms with van der Waals surface area (Å²) in [7, 11) is 0. The summed E-state index contributed by atoms with van der Waals surface area (Å²) in [4.78, 5) is 0. The number of benzene rings is 2. The molecular weight excluding hydrogens is 258 g/mol. The summed E-state index contributed by atoms with van der Waals surface area (Å²) in [6.45, 7) is 6.03. The number of aryl methyl sites for hydroxylation is 2. The minimum atomic E-state index is 0.777. The predicted octanol–water partition coefficient (Wildman–Crippen LogP) is 4.83. The van der Waals surface area contributed by atoms with Crippen molar-refractivity contribution in [2.24, 2.45) is 0 Å². The minimum absolute atomic E-state index is 0.777. The van der Waals surface area contributed by atoms with E-state index in [1.807, 2.05) is 12.1 Å². The van der Waals surface area contributed by atoms with Crippen LogP contribution >= 0.6 is 0 Å². The number of ether oxygens (including phenoxy) is 1. The molecule has 0 saturated heterocycles. The Hall–Kier alpha value is -1.96. The van der Waals surface area contributed by atoms with Crippen molar-refractivity contribution in [2.45, 2.75) is 33.1 Å². The van der Waals surface area contributed by atoms with Gasteiger partial charge in [-0.15, -0.1) is 0 Å². The van der Waals surface area contributed by atoms with Crippen LogP contribution in [0.25, 0.3) is 0 Å². The molecule has 0 aliphatic heterocycles. The second-order valence-electron chi connectivity index (χ2n) is 5.35. The third-order valence-electron chi connectivity index (χ3n) is 3.55. The van der Waals surface area contributed by atoms with Gasteiger partial charge in [0, 0.05) is 12.2 Å². The molecule has 0 spiro atoms. The van der Waals surface area contributed by atoms with Crippen molar-refractivity contribution in [2.75, 3.05) is 18.5 Å². The average molecular weight is 283 g/mol. The number of nitrogens with one attached hydrogen (secondary N) is 1. The molecule has 0 aliphatic rings. The second kappa shape index (κ2) is 8.35. The van der Waals surface area contributed by atoms with Gasteiger partial charge in [0.25, 0.3) is 0 Å². The van der Waals surface area contributed by atoms with E-state index in [4.69, 9.17) is 4.74 Å². The van der Waals surface area contributed by atoms with Gasteiger partial charge in [0.05, 0.1) is 6.61 Å². The maximum atomic E-state index is 5.72. The molecule has 0 saturated carbocycles. The van der Waals surface area contributed by atoms with Gasteiger partial charge in [-0.1, -0.05) is 36.8 Å². The zero-order chi connectivity index (χ0) is 14.9. The lowest BCUT2D eigenvalue weighted by atomic mass is 10.1. The van der Waals surface area contributed by atoms with Crippen molar-refractivity contribution in [1.29, 1.82) is 0 Å². The molecule has 2 heteroatoms. The summed E-state index contributed by atoms with van der Waals surface area (Å²) < 4.78 is 5.72. The van der Waals surface area contributed by atoms with Crippen LogP contribution in [-0.4, -0.2) is 13.2 Å². The fourth-order valence-electron chi connectivity index (χ4n) is 2.14. The lowest BCUT2D eigenvalue weighted by molar-refractivity contribution is 0.308. The standard InChI is InChI=1S/C19H25NO/c1-3-17-8-10-18(11-9-17)20-14-4-5-15-21-19-12-6-16(2)7-13-19/h6-13,20H,3-5,14-15H2,1-2H3. The lowest BCUT2D eigenvalue weighted by Crippen LogP contribution is -2.04. The van der Waals surface area contributed by atoms with Gasteiger partial charge in [0.2, 0.25) is 0 Å². The molecule has 1 N–H and O–H groups in total. The summed E-state index contributed by atoms with van der Waals surface area (Å²) >= 11 is 0. The highest BCUT2D eigenvalue weighted by Gasteiger charge is 1.95. The van der Waals surface area contributed by atoms with Crippen LogP contribution in [-0.2, 0) is 6.42 Å². The molecule has 112 valence electrons. The van der Waals surface area contributed by atoms with E-state index in [1.54, 1.807) is 0 Å². The Labute approximate surface area is 128 Å². The Bertz CT molecular complexity index is 516. The van der Waals surface area contributed by atoms with Crippen LogP contribution in [0.1, 0.15) is 30.9 Å². The molecule has 0 amide bonds. The largest absolute Gasteiger partial charge is 0.494 e. The fourth-order valence-corrected chi connectivity index (χ4v) is 2.14. The molecule has 0 heterocycles. The summed E-state index contributed by atoms with van der Waals surface area (Å²) in [5.74, 6) is 0.962. The molecule has 2 aromatic carbocycles. The van der Waals surface area contributed by atoms with Crippen LogP contribution in [0.5, 0.6) is 5.75 Å². The minimum Gasteiger partial charge on any atom is -0.494 e. The molecule has 2 nitrogen and oxygen atoms in total. The third-order valence-corrected chi connectivity index (χ3v) is 3.55. The summed E-state index contributed by atoms with van der Waals surface area (Å²) in [5, 5.41) is 3.45. The Morgan fingerprint density at radius 3 is 2.29 bits per heavy atom. The van der Waals surface area contributed by atoms with Crippen molar-refractivity contribution < 1.29 is 4.74 Å². The van der Waals surface area contributed by atoms with Crippen LogP contribution in [0.3, 0.4) is 0 Å². The van der Waals surface area contributed by atoms with E-state index in [9.17, 15) is 0 Å². The maximum absolute atomic E-state index is 5.72. The Kier molecular flexibility index (Phi) is 6.14. The molecule has 0 radical (unpaired) electrons. The van der Waals surface area contributed by atoms with E-state index < -0.39 is 0 Å². The van der Waals surface area contributed by atoms with E-state index >= 15 is 0 Å². The highest BCUT2D eigenvalue weighted by molar-refractivity contribution is 5.44. The zero-order valence-corrected chi connectivity index (χ0v) is 13.1. The van der Waals surface area contributed by atoms with E-state index in [0.717, 1.165) is 38.2 Å². The van der Waals surface area contributed by atoms with Crippen LogP contribution < -0.4 is 10.1 Å². The molecule has 0 aromatic heterocycles. The molecule has 21 heavy (non-hydrogen) atoms. The molecule has 0 aliphatic carbocycles. The molecule has 0 atom stereocenters. The van der Waals surface area contributed by atoms with Gasteiger partial charge >= 0.3 is 0 Å². The van der Waals surface area contributed by atoms with E-state index in [2.05, 4.69) is 55.6 Å². The molecule has 2 aromatic rings. The summed E-state index contributed by atoms with van der Waals surface area (Å²) in [6.07, 6.45) is 3.27. The van der Waals surface area contributed by atoms with E-state index in [1.165, 1.54) is 16.8 Å². The van der Waals surface area contributed by atoms with Gasteiger partial charge in [0.1, 0.15) is 5.75 Å². The molecule has 0 unspecified atom stereocenters. The van der Waals surface area contributed by atoms with E-state index in [-0.39, 0.29) is 0 Å². The average Bonchev–Trinajstić information content (AvgIpc) is 2.53. The quantitative estimate of drug-likeness (QED) is 0.701. The fraction of sp³-hybridized carbons (Fsp3) is 0.368. The Morgan fingerprint density at radius 1 is 0.905 bits per heavy atom. The molecule has 0 fully saturated rings. The highest BCUT2D eigenvalue weighted by atomic mass is 16.5. The summed E-state index contributed by atoms with van der Waals surface area (Å²) in [5.41, 5.74) is 3.85. The van der Waals surface area contributed by atoms with Gasteiger partial charge < -0.3 is 10.1 Å². The van der Waals surface area contributed by atoms with E-state index in [0.29, 0.717) is 0 Å². The zero-order valence-electron chi connectivity index (χ0n) is 13.1. The number of hydrogen-bond acceptors (Lipinski definition) is 2. The third kappa shape index (κ3) is 5.50. The van der Waals surface area contributed by atoms with Crippen LogP contribution in [0.15, 0.2) is 48.5 Å². The van der Waals surface area contributed by atoms with Crippen molar-refractivity contribution >= 4 is 5.69 Å². The molecule has 2 rings (SSSR count). The number of anilines is 1. The first-order valence-corrected chi connectivity index (χ1v) is 7.80. The van der Waals surface area contributed by atoms with Gasteiger partial charge in [-0.2, -0.15) is 0 Å². The first-order chi connectivity index (χ1) is 10.3. The van der Waals surface area contributed by atoms with Crippen molar-refractivity contribution in [1.82, 2.24) is 0 Å². The maximum Gasteiger partial charge on any atom is 0.119 e. The number of unbranched alkanes of at least 4 members (excludes halogenated alkanes) is 1. The van der Waals surface area contributed by atoms with Gasteiger partial charge in [-0.25, -0.2) is 0 Å². The Morgan fingerprint density at radius 2 is 1.62 bits per heavy atom. The van der Waals surface area contributed by atoms with Crippen molar-refractivity contribution in [3.8, 4) is 5.75 Å². The monoisotopic (exact) mass is 283 g/mol. The van der Waals surface area contributed by atoms with Crippen LogP contribution in [0.2, 0.25) is 0 Å². The molecular formula is C19H25NO. The lowest BCUT2D eigenvalue weighted by Gasteiger charge is -2.08. The number of rotatable bonds is 8. The van der Waals surface area contributed by atoms with Gasteiger partial charge in [0.15, 0.2) is 0 Å². The van der Waals surface area contributed by atoms with Crippen LogP contribution in [0.4, 0.5) is 5.69 Å². The predicted molar refractivity (Wildman–Crippen MR) is 90.2 cm³/mol. The smallest absolute Gasteiger partial charge is 0.119 e. The summed E-state index contributed by atoms with van der Waals surface area (Å²) in [6, 6.07) is 16.9. The van der Waals surface area contributed by atoms with Gasteiger partial charge in [-0.05, 0) is 56.0 Å². The normalized spacial score (nSPS) is 10.4. The molecule has 0 bridgehead atoms. The number of hydrogen-bond donors (Lipinski definition) is 1. The second-order valence-corrected chi connectivity index (χ2v) is 5.35. The first-order valence-electron chi connectivity index (χ1n) is 7.80. The Balaban J connectivity index is 1.58. The van der Waals surface area contributed by atoms with Crippen molar-refractivity contribution in [3.63, 3.8) is 0 Å². The van der Waals surface area contributed by atoms with Crippen LogP contribution in [0, 0.1) is 6.92 Å². The first kappa shape index (κ1) is 15.4. The highest BCUT2D eigenvalue weighted by Crippen LogP contribution is 2.12. The topological polar surface area (TPSA) is 21.3 Å².